The van der Waals surface area contributed by atoms with Gasteiger partial charge in [-0.25, -0.2) is 9.97 Å². The third-order valence-corrected chi connectivity index (χ3v) is 3.77. The molecule has 1 N–H and O–H groups in total. The highest BCUT2D eigenvalue weighted by Gasteiger charge is 2.36. The van der Waals surface area contributed by atoms with E-state index in [0.29, 0.717) is 26.3 Å². The molecule has 0 spiro atoms. The lowest BCUT2D eigenvalue weighted by molar-refractivity contribution is -0.144. The van der Waals surface area contributed by atoms with E-state index in [2.05, 4.69) is 15.1 Å². The van der Waals surface area contributed by atoms with Crippen LogP contribution in [0.4, 0.5) is 19.0 Å². The third-order valence-electron chi connectivity index (χ3n) is 3.77. The largest absolute Gasteiger partial charge is 0.451 e. The zero-order chi connectivity index (χ0) is 18.2. The van der Waals surface area contributed by atoms with Crippen molar-refractivity contribution in [2.75, 3.05) is 31.2 Å². The molecule has 0 atom stereocenters. The SMILES string of the molecule is Cn1[nH]cc(-c2cnc(C(F)(F)F)nc2N2CCOCC2)c(=O)c1=O. The van der Waals surface area contributed by atoms with Crippen molar-refractivity contribution in [2.45, 2.75) is 6.18 Å². The summed E-state index contributed by atoms with van der Waals surface area (Å²) in [7, 11) is 1.36. The second-order valence-corrected chi connectivity index (χ2v) is 5.41. The molecular formula is C14H14F3N5O3. The van der Waals surface area contributed by atoms with Gasteiger partial charge in [-0.1, -0.05) is 0 Å². The van der Waals surface area contributed by atoms with Crippen LogP contribution in [-0.4, -0.2) is 46.1 Å². The minimum atomic E-state index is -4.72. The normalized spacial score (nSPS) is 15.4. The van der Waals surface area contributed by atoms with E-state index in [1.165, 1.54) is 13.2 Å². The topological polar surface area (TPSA) is 93.1 Å². The van der Waals surface area contributed by atoms with Gasteiger partial charge in [0.1, 0.15) is 5.82 Å². The summed E-state index contributed by atoms with van der Waals surface area (Å²) in [6, 6.07) is 0. The van der Waals surface area contributed by atoms with Gasteiger partial charge in [-0.05, 0) is 0 Å². The van der Waals surface area contributed by atoms with Gasteiger partial charge in [-0.3, -0.25) is 14.3 Å². The molecule has 11 heteroatoms. The Bertz CT molecular complexity index is 900. The van der Waals surface area contributed by atoms with Crippen LogP contribution in [0, 0.1) is 0 Å². The van der Waals surface area contributed by atoms with Gasteiger partial charge in [0, 0.05) is 38.1 Å². The van der Waals surface area contributed by atoms with Crippen molar-refractivity contribution in [3.8, 4) is 11.1 Å². The number of hydrogen-bond acceptors (Lipinski definition) is 6. The molecule has 0 unspecified atom stereocenters. The number of alkyl halides is 3. The highest BCUT2D eigenvalue weighted by Crippen LogP contribution is 2.32. The Morgan fingerprint density at radius 3 is 2.52 bits per heavy atom. The number of ether oxygens (including phenoxy) is 1. The van der Waals surface area contributed by atoms with E-state index in [-0.39, 0.29) is 16.9 Å². The molecule has 8 nitrogen and oxygen atoms in total. The Kier molecular flexibility index (Phi) is 4.33. The van der Waals surface area contributed by atoms with Crippen molar-refractivity contribution >= 4 is 5.82 Å². The number of hydrogen-bond donors (Lipinski definition) is 1. The van der Waals surface area contributed by atoms with Crippen LogP contribution in [0.15, 0.2) is 22.0 Å². The molecule has 1 aliphatic heterocycles. The van der Waals surface area contributed by atoms with E-state index in [1.807, 2.05) is 0 Å². The number of nitrogens with zero attached hydrogens (tertiary/aromatic N) is 4. The summed E-state index contributed by atoms with van der Waals surface area (Å²) in [5.41, 5.74) is -1.70. The minimum Gasteiger partial charge on any atom is -0.378 e. The first-order valence-electron chi connectivity index (χ1n) is 7.35. The average Bonchev–Trinajstić information content (AvgIpc) is 2.59. The highest BCUT2D eigenvalue weighted by atomic mass is 19.4. The molecule has 2 aromatic heterocycles. The van der Waals surface area contributed by atoms with E-state index in [9.17, 15) is 22.8 Å². The maximum Gasteiger partial charge on any atom is 0.451 e. The summed E-state index contributed by atoms with van der Waals surface area (Å²) in [5, 5.41) is 2.57. The zero-order valence-corrected chi connectivity index (χ0v) is 13.1. The van der Waals surface area contributed by atoms with Crippen molar-refractivity contribution in [1.29, 1.82) is 0 Å². The molecule has 0 amide bonds. The Morgan fingerprint density at radius 1 is 1.20 bits per heavy atom. The van der Waals surface area contributed by atoms with Crippen molar-refractivity contribution in [2.24, 2.45) is 7.05 Å². The van der Waals surface area contributed by atoms with E-state index < -0.39 is 23.0 Å². The van der Waals surface area contributed by atoms with Gasteiger partial charge in [0.2, 0.25) is 5.82 Å². The minimum absolute atomic E-state index is 0.0515. The monoisotopic (exact) mass is 357 g/mol. The second-order valence-electron chi connectivity index (χ2n) is 5.41. The average molecular weight is 357 g/mol. The van der Waals surface area contributed by atoms with Gasteiger partial charge in [0.15, 0.2) is 0 Å². The van der Waals surface area contributed by atoms with Crippen LogP contribution < -0.4 is 15.9 Å². The number of rotatable bonds is 2. The van der Waals surface area contributed by atoms with Crippen LogP contribution in [0.3, 0.4) is 0 Å². The molecule has 2 aromatic rings. The number of halogens is 3. The number of nitrogens with one attached hydrogen (secondary N) is 1. The quantitative estimate of drug-likeness (QED) is 0.782. The standard InChI is InChI=1S/C14H14F3N5O3/c1-21-12(24)10(23)8(7-19-21)9-6-18-13(14(15,16)17)20-11(9)22-2-4-25-5-3-22/h6-7,19H,2-5H2,1H3. The summed E-state index contributed by atoms with van der Waals surface area (Å²) in [5.74, 6) is -1.36. The summed E-state index contributed by atoms with van der Waals surface area (Å²) in [6.07, 6.45) is -2.55. The smallest absolute Gasteiger partial charge is 0.378 e. The Hall–Kier alpha value is -2.69. The molecule has 1 aliphatic rings. The van der Waals surface area contributed by atoms with Crippen LogP contribution in [0.1, 0.15) is 5.82 Å². The lowest BCUT2D eigenvalue weighted by Gasteiger charge is -2.29. The van der Waals surface area contributed by atoms with Crippen LogP contribution >= 0.6 is 0 Å². The van der Waals surface area contributed by atoms with Crippen LogP contribution in [0.25, 0.3) is 11.1 Å². The van der Waals surface area contributed by atoms with Gasteiger partial charge in [0.05, 0.1) is 18.8 Å². The lowest BCUT2D eigenvalue weighted by atomic mass is 10.1. The molecule has 1 fully saturated rings. The van der Waals surface area contributed by atoms with Crippen LogP contribution in [0.2, 0.25) is 0 Å². The fraction of sp³-hybridized carbons (Fsp3) is 0.429. The van der Waals surface area contributed by atoms with Crippen molar-refractivity contribution in [3.05, 3.63) is 38.8 Å². The lowest BCUT2D eigenvalue weighted by Crippen LogP contribution is -2.39. The Labute approximate surface area is 138 Å². The number of H-pyrrole nitrogens is 1. The van der Waals surface area contributed by atoms with Gasteiger partial charge in [-0.2, -0.15) is 13.2 Å². The molecule has 0 aromatic carbocycles. The summed E-state index contributed by atoms with van der Waals surface area (Å²) in [6.45, 7) is 1.25. The molecule has 0 bridgehead atoms. The van der Waals surface area contributed by atoms with Gasteiger partial charge in [-0.15, -0.1) is 0 Å². The second kappa shape index (κ2) is 6.31. The molecular weight excluding hydrogens is 343 g/mol. The predicted octanol–water partition coefficient (Wildman–Crippen LogP) is 0.386. The fourth-order valence-electron chi connectivity index (χ4n) is 2.47. The Morgan fingerprint density at radius 2 is 1.88 bits per heavy atom. The Balaban J connectivity index is 2.20. The first-order chi connectivity index (χ1) is 11.8. The predicted molar refractivity (Wildman–Crippen MR) is 81.4 cm³/mol. The molecule has 134 valence electrons. The molecule has 3 rings (SSSR count). The number of aryl methyl sites for hydroxylation is 1. The maximum atomic E-state index is 13.0. The van der Waals surface area contributed by atoms with Gasteiger partial charge >= 0.3 is 11.7 Å². The first-order valence-corrected chi connectivity index (χ1v) is 7.35. The maximum absolute atomic E-state index is 13.0. The van der Waals surface area contributed by atoms with Crippen molar-refractivity contribution in [1.82, 2.24) is 19.7 Å². The fourth-order valence-corrected chi connectivity index (χ4v) is 2.47. The van der Waals surface area contributed by atoms with Gasteiger partial charge < -0.3 is 14.7 Å². The van der Waals surface area contributed by atoms with Crippen LogP contribution in [-0.2, 0) is 18.0 Å². The summed E-state index contributed by atoms with van der Waals surface area (Å²) >= 11 is 0. The molecule has 25 heavy (non-hydrogen) atoms. The zero-order valence-electron chi connectivity index (χ0n) is 13.1. The number of aromatic nitrogens is 4. The summed E-state index contributed by atoms with van der Waals surface area (Å²) in [4.78, 5) is 32.6. The molecule has 3 heterocycles. The van der Waals surface area contributed by atoms with E-state index in [0.717, 1.165) is 10.9 Å². The number of aromatic amines is 1. The molecule has 0 radical (unpaired) electrons. The number of anilines is 1. The third kappa shape index (κ3) is 3.27. The molecule has 0 saturated carbocycles. The number of morpholine rings is 1. The highest BCUT2D eigenvalue weighted by molar-refractivity contribution is 5.74. The van der Waals surface area contributed by atoms with Crippen molar-refractivity contribution in [3.63, 3.8) is 0 Å². The van der Waals surface area contributed by atoms with Gasteiger partial charge in [0.25, 0.3) is 5.43 Å². The van der Waals surface area contributed by atoms with E-state index in [4.69, 9.17) is 4.74 Å². The first kappa shape index (κ1) is 17.1. The van der Waals surface area contributed by atoms with E-state index in [1.54, 1.807) is 4.90 Å². The molecule has 1 saturated heterocycles. The molecule has 0 aliphatic carbocycles. The van der Waals surface area contributed by atoms with E-state index >= 15 is 0 Å². The van der Waals surface area contributed by atoms with Crippen LogP contribution in [0.5, 0.6) is 0 Å². The summed E-state index contributed by atoms with van der Waals surface area (Å²) < 4.78 is 45.1. The van der Waals surface area contributed by atoms with Crippen molar-refractivity contribution < 1.29 is 17.9 Å².